The molecule has 0 aliphatic carbocycles. The van der Waals surface area contributed by atoms with Gasteiger partial charge in [0.25, 0.3) is 0 Å². The predicted molar refractivity (Wildman–Crippen MR) is 53.2 cm³/mol. The van der Waals surface area contributed by atoms with Crippen LogP contribution in [0.15, 0.2) is 18.2 Å². The minimum absolute atomic E-state index is 0.176. The first kappa shape index (κ1) is 13.0. The van der Waals surface area contributed by atoms with E-state index in [0.29, 0.717) is 0 Å². The second kappa shape index (κ2) is 4.85. The molecule has 4 N–H and O–H groups in total. The zero-order valence-electron chi connectivity index (χ0n) is 8.41. The van der Waals surface area contributed by atoms with Crippen LogP contribution >= 0.6 is 0 Å². The lowest BCUT2D eigenvalue weighted by atomic mass is 10.0. The number of rotatable bonds is 4. The van der Waals surface area contributed by atoms with Crippen molar-refractivity contribution in [2.45, 2.75) is 12.2 Å². The molecule has 1 aromatic carbocycles. The lowest BCUT2D eigenvalue weighted by molar-refractivity contribution is -0.387. The number of carbonyl (C=O) groups excluding carboxylic acids is 1. The molecule has 92 valence electrons. The summed E-state index contributed by atoms with van der Waals surface area (Å²) in [6.07, 6.45) is -3.66. The van der Waals surface area contributed by atoms with Gasteiger partial charge in [-0.25, -0.2) is 0 Å². The van der Waals surface area contributed by atoms with E-state index in [4.69, 9.17) is 10.8 Å². The molecule has 1 aromatic rings. The lowest BCUT2D eigenvalue weighted by Gasteiger charge is -2.14. The molecule has 1 amide bonds. The highest BCUT2D eigenvalue weighted by Gasteiger charge is 2.26. The molecule has 0 radical (unpaired) electrons. The molecule has 2 unspecified atom stereocenters. The monoisotopic (exact) mass is 244 g/mol. The SMILES string of the molecule is NC(=O)C(O)C(O)c1ccc(F)c([N+](=O)[O-])c1. The summed E-state index contributed by atoms with van der Waals surface area (Å²) in [7, 11) is 0. The number of hydrogen-bond acceptors (Lipinski definition) is 5. The minimum Gasteiger partial charge on any atom is -0.385 e. The average molecular weight is 244 g/mol. The van der Waals surface area contributed by atoms with Crippen molar-refractivity contribution in [1.29, 1.82) is 0 Å². The topological polar surface area (TPSA) is 127 Å². The number of nitrogens with zero attached hydrogens (tertiary/aromatic N) is 1. The van der Waals surface area contributed by atoms with Gasteiger partial charge in [0.1, 0.15) is 6.10 Å². The fourth-order valence-electron chi connectivity index (χ4n) is 1.19. The Morgan fingerprint density at radius 1 is 1.47 bits per heavy atom. The molecular formula is C9H9FN2O5. The van der Waals surface area contributed by atoms with Crippen LogP contribution < -0.4 is 5.73 Å². The molecular weight excluding hydrogens is 235 g/mol. The standard InChI is InChI=1S/C9H9FN2O5/c10-5-2-1-4(3-6(5)12(16)17)7(13)8(14)9(11)15/h1-3,7-8,13-14H,(H2,11,15). The van der Waals surface area contributed by atoms with Crippen molar-refractivity contribution < 1.29 is 24.3 Å². The first-order chi connectivity index (χ1) is 7.84. The highest BCUT2D eigenvalue weighted by atomic mass is 19.1. The number of aliphatic hydroxyl groups excluding tert-OH is 2. The highest BCUT2D eigenvalue weighted by molar-refractivity contribution is 5.79. The van der Waals surface area contributed by atoms with Gasteiger partial charge in [-0.2, -0.15) is 4.39 Å². The zero-order valence-corrected chi connectivity index (χ0v) is 8.41. The molecule has 0 fully saturated rings. The summed E-state index contributed by atoms with van der Waals surface area (Å²) in [4.78, 5) is 20.1. The van der Waals surface area contributed by atoms with Gasteiger partial charge in [-0.1, -0.05) is 6.07 Å². The first-order valence-electron chi connectivity index (χ1n) is 4.44. The Balaban J connectivity index is 3.11. The number of nitrogens with two attached hydrogens (primary N) is 1. The van der Waals surface area contributed by atoms with Crippen LogP contribution in [0.25, 0.3) is 0 Å². The Morgan fingerprint density at radius 3 is 2.53 bits per heavy atom. The van der Waals surface area contributed by atoms with E-state index in [1.54, 1.807) is 0 Å². The Hall–Kier alpha value is -2.06. The quantitative estimate of drug-likeness (QED) is 0.491. The fraction of sp³-hybridized carbons (Fsp3) is 0.222. The van der Waals surface area contributed by atoms with Crippen molar-refractivity contribution in [3.8, 4) is 0 Å². The van der Waals surface area contributed by atoms with Crippen molar-refractivity contribution >= 4 is 11.6 Å². The molecule has 0 aliphatic heterocycles. The van der Waals surface area contributed by atoms with Crippen LogP contribution in [-0.2, 0) is 4.79 Å². The Morgan fingerprint density at radius 2 is 2.06 bits per heavy atom. The molecule has 0 heterocycles. The predicted octanol–water partition coefficient (Wildman–Crippen LogP) is -0.386. The smallest absolute Gasteiger partial charge is 0.305 e. The molecule has 0 aromatic heterocycles. The van der Waals surface area contributed by atoms with Gasteiger partial charge in [-0.3, -0.25) is 14.9 Å². The number of aliphatic hydroxyl groups is 2. The van der Waals surface area contributed by atoms with E-state index in [1.165, 1.54) is 0 Å². The summed E-state index contributed by atoms with van der Waals surface area (Å²) in [5, 5.41) is 29.0. The van der Waals surface area contributed by atoms with Crippen LogP contribution in [0.2, 0.25) is 0 Å². The van der Waals surface area contributed by atoms with Crippen molar-refractivity contribution in [3.63, 3.8) is 0 Å². The third kappa shape index (κ3) is 2.74. The van der Waals surface area contributed by atoms with Gasteiger partial charge in [0.15, 0.2) is 6.10 Å². The van der Waals surface area contributed by atoms with E-state index < -0.39 is 34.5 Å². The van der Waals surface area contributed by atoms with E-state index in [2.05, 4.69) is 0 Å². The Labute approximate surface area is 94.4 Å². The zero-order chi connectivity index (χ0) is 13.2. The molecule has 7 nitrogen and oxygen atoms in total. The van der Waals surface area contributed by atoms with Crippen LogP contribution in [0.1, 0.15) is 11.7 Å². The maximum Gasteiger partial charge on any atom is 0.305 e. The minimum atomic E-state index is -1.92. The molecule has 0 spiro atoms. The van der Waals surface area contributed by atoms with Gasteiger partial charge in [0, 0.05) is 6.07 Å². The van der Waals surface area contributed by atoms with Crippen LogP contribution in [-0.4, -0.2) is 27.1 Å². The van der Waals surface area contributed by atoms with Crippen LogP contribution in [0.3, 0.4) is 0 Å². The van der Waals surface area contributed by atoms with Gasteiger partial charge in [0.05, 0.1) is 4.92 Å². The second-order valence-electron chi connectivity index (χ2n) is 3.26. The van der Waals surface area contributed by atoms with Crippen molar-refractivity contribution in [1.82, 2.24) is 0 Å². The van der Waals surface area contributed by atoms with Crippen molar-refractivity contribution in [2.75, 3.05) is 0 Å². The summed E-state index contributed by atoms with van der Waals surface area (Å²) in [5.41, 5.74) is 3.71. The van der Waals surface area contributed by atoms with E-state index in [-0.39, 0.29) is 5.56 Å². The van der Waals surface area contributed by atoms with E-state index in [9.17, 15) is 24.4 Å². The van der Waals surface area contributed by atoms with Crippen LogP contribution in [0, 0.1) is 15.9 Å². The average Bonchev–Trinajstić information content (AvgIpc) is 2.27. The second-order valence-corrected chi connectivity index (χ2v) is 3.26. The number of carbonyl (C=O) groups is 1. The number of nitro benzene ring substituents is 1. The number of halogens is 1. The number of hydrogen-bond donors (Lipinski definition) is 3. The highest BCUT2D eigenvalue weighted by Crippen LogP contribution is 2.24. The van der Waals surface area contributed by atoms with Gasteiger partial charge in [0.2, 0.25) is 11.7 Å². The van der Waals surface area contributed by atoms with E-state index >= 15 is 0 Å². The van der Waals surface area contributed by atoms with Gasteiger partial charge >= 0.3 is 5.69 Å². The summed E-state index contributed by atoms with van der Waals surface area (Å²) >= 11 is 0. The number of benzene rings is 1. The first-order valence-corrected chi connectivity index (χ1v) is 4.44. The normalized spacial score (nSPS) is 14.1. The van der Waals surface area contributed by atoms with Crippen molar-refractivity contribution in [3.05, 3.63) is 39.7 Å². The van der Waals surface area contributed by atoms with Gasteiger partial charge in [-0.15, -0.1) is 0 Å². The Bertz CT molecular complexity index is 465. The molecule has 0 saturated heterocycles. The third-order valence-corrected chi connectivity index (χ3v) is 2.10. The third-order valence-electron chi connectivity index (χ3n) is 2.10. The van der Waals surface area contributed by atoms with E-state index in [0.717, 1.165) is 18.2 Å². The van der Waals surface area contributed by atoms with Gasteiger partial charge < -0.3 is 15.9 Å². The summed E-state index contributed by atoms with van der Waals surface area (Å²) in [6, 6.07) is 2.50. The van der Waals surface area contributed by atoms with Gasteiger partial charge in [-0.05, 0) is 11.6 Å². The maximum absolute atomic E-state index is 13.0. The largest absolute Gasteiger partial charge is 0.385 e. The molecule has 2 atom stereocenters. The molecule has 0 bridgehead atoms. The maximum atomic E-state index is 13.0. The molecule has 0 saturated carbocycles. The molecule has 8 heteroatoms. The summed E-state index contributed by atoms with van der Waals surface area (Å²) in [5.74, 6) is -2.27. The number of amides is 1. The molecule has 0 aliphatic rings. The van der Waals surface area contributed by atoms with Crippen LogP contribution in [0.5, 0.6) is 0 Å². The van der Waals surface area contributed by atoms with E-state index in [1.807, 2.05) is 0 Å². The van der Waals surface area contributed by atoms with Crippen LogP contribution in [0.4, 0.5) is 10.1 Å². The number of nitro groups is 1. The lowest BCUT2D eigenvalue weighted by Crippen LogP contribution is -2.33. The molecule has 17 heavy (non-hydrogen) atoms. The summed E-state index contributed by atoms with van der Waals surface area (Å²) in [6.45, 7) is 0. The number of primary amides is 1. The summed E-state index contributed by atoms with van der Waals surface area (Å²) < 4.78 is 13.0. The van der Waals surface area contributed by atoms with Crippen molar-refractivity contribution in [2.24, 2.45) is 5.73 Å². The Kier molecular flexibility index (Phi) is 3.71. The molecule has 1 rings (SSSR count). The fourth-order valence-corrected chi connectivity index (χ4v) is 1.19.